The maximum atomic E-state index is 11.4. The van der Waals surface area contributed by atoms with Crippen LogP contribution in [-0.2, 0) is 9.53 Å². The number of rotatable bonds is 9. The highest BCUT2D eigenvalue weighted by atomic mass is 16.5. The van der Waals surface area contributed by atoms with Crippen molar-refractivity contribution in [2.75, 3.05) is 26.3 Å². The van der Waals surface area contributed by atoms with Gasteiger partial charge in [0, 0.05) is 12.6 Å². The molecule has 0 amide bonds. The molecule has 1 N–H and O–H groups in total. The van der Waals surface area contributed by atoms with Gasteiger partial charge in [-0.1, -0.05) is 0 Å². The average molecular weight is 229 g/mol. The van der Waals surface area contributed by atoms with Crippen molar-refractivity contribution in [1.29, 1.82) is 0 Å². The van der Waals surface area contributed by atoms with Crippen LogP contribution in [0.1, 0.15) is 39.0 Å². The van der Waals surface area contributed by atoms with E-state index in [1.165, 1.54) is 12.8 Å². The predicted octanol–water partition coefficient (Wildman–Crippen LogP) is 1.18. The lowest BCUT2D eigenvalue weighted by Crippen LogP contribution is -2.33. The number of ether oxygens (including phenoxy) is 1. The van der Waals surface area contributed by atoms with Crippen LogP contribution in [0.3, 0.4) is 0 Å². The van der Waals surface area contributed by atoms with E-state index in [1.54, 1.807) is 0 Å². The molecule has 1 fully saturated rings. The van der Waals surface area contributed by atoms with Crippen LogP contribution in [0.2, 0.25) is 0 Å². The van der Waals surface area contributed by atoms with Gasteiger partial charge in [0.1, 0.15) is 0 Å². The zero-order chi connectivity index (χ0) is 11.8. The lowest BCUT2D eigenvalue weighted by molar-refractivity contribution is -0.144. The first-order valence-electron chi connectivity index (χ1n) is 6.28. The molecule has 1 rings (SSSR count). The Morgan fingerprint density at radius 3 is 2.69 bits per heavy atom. The SMILES string of the molecule is CCOC(=O)CN(CCCCCO)C1CC1. The summed E-state index contributed by atoms with van der Waals surface area (Å²) < 4.78 is 4.96. The Hall–Kier alpha value is -0.610. The number of esters is 1. The molecule has 0 aromatic rings. The number of nitrogens with zero attached hydrogens (tertiary/aromatic N) is 1. The first-order valence-corrected chi connectivity index (χ1v) is 6.28. The van der Waals surface area contributed by atoms with Crippen molar-refractivity contribution in [3.05, 3.63) is 0 Å². The Balaban J connectivity index is 2.17. The van der Waals surface area contributed by atoms with Crippen molar-refractivity contribution >= 4 is 5.97 Å². The minimum atomic E-state index is -0.114. The minimum absolute atomic E-state index is 0.114. The zero-order valence-electron chi connectivity index (χ0n) is 10.2. The fraction of sp³-hybridized carbons (Fsp3) is 0.917. The highest BCUT2D eigenvalue weighted by molar-refractivity contribution is 5.71. The second kappa shape index (κ2) is 7.63. The van der Waals surface area contributed by atoms with Gasteiger partial charge in [-0.05, 0) is 45.6 Å². The van der Waals surface area contributed by atoms with Crippen LogP contribution in [0.4, 0.5) is 0 Å². The molecule has 0 atom stereocenters. The number of carbonyl (C=O) groups is 1. The van der Waals surface area contributed by atoms with Crippen LogP contribution in [0, 0.1) is 0 Å². The smallest absolute Gasteiger partial charge is 0.320 e. The Morgan fingerprint density at radius 1 is 1.38 bits per heavy atom. The largest absolute Gasteiger partial charge is 0.465 e. The highest BCUT2D eigenvalue weighted by Gasteiger charge is 2.29. The van der Waals surface area contributed by atoms with Gasteiger partial charge in [-0.3, -0.25) is 9.69 Å². The second-order valence-corrected chi connectivity index (χ2v) is 4.29. The Bertz CT molecular complexity index is 204. The van der Waals surface area contributed by atoms with E-state index in [4.69, 9.17) is 9.84 Å². The van der Waals surface area contributed by atoms with Crippen LogP contribution in [0.25, 0.3) is 0 Å². The summed E-state index contributed by atoms with van der Waals surface area (Å²) in [5.74, 6) is -0.114. The summed E-state index contributed by atoms with van der Waals surface area (Å²) in [6.07, 6.45) is 5.36. The van der Waals surface area contributed by atoms with Crippen molar-refractivity contribution in [2.24, 2.45) is 0 Å². The van der Waals surface area contributed by atoms with E-state index in [9.17, 15) is 4.79 Å². The summed E-state index contributed by atoms with van der Waals surface area (Å²) in [6.45, 7) is 3.94. The highest BCUT2D eigenvalue weighted by Crippen LogP contribution is 2.26. The monoisotopic (exact) mass is 229 g/mol. The summed E-state index contributed by atoms with van der Waals surface area (Å²) in [5.41, 5.74) is 0. The third-order valence-electron chi connectivity index (χ3n) is 2.80. The van der Waals surface area contributed by atoms with Crippen molar-refractivity contribution in [3.63, 3.8) is 0 Å². The van der Waals surface area contributed by atoms with Crippen molar-refractivity contribution in [1.82, 2.24) is 4.90 Å². The maximum Gasteiger partial charge on any atom is 0.320 e. The molecular formula is C12H23NO3. The third-order valence-corrected chi connectivity index (χ3v) is 2.80. The van der Waals surface area contributed by atoms with Gasteiger partial charge in [0.25, 0.3) is 0 Å². The standard InChI is InChI=1S/C12H23NO3/c1-2-16-12(15)10-13(11-6-7-11)8-4-3-5-9-14/h11,14H,2-10H2,1H3. The summed E-state index contributed by atoms with van der Waals surface area (Å²) in [5, 5.41) is 8.68. The minimum Gasteiger partial charge on any atom is -0.465 e. The fourth-order valence-corrected chi connectivity index (χ4v) is 1.81. The lowest BCUT2D eigenvalue weighted by atomic mass is 10.2. The fourth-order valence-electron chi connectivity index (χ4n) is 1.81. The molecule has 0 aromatic heterocycles. The van der Waals surface area contributed by atoms with Crippen LogP contribution >= 0.6 is 0 Å². The third kappa shape index (κ3) is 5.47. The summed E-state index contributed by atoms with van der Waals surface area (Å²) in [6, 6.07) is 0.596. The first-order chi connectivity index (χ1) is 7.77. The number of carbonyl (C=O) groups excluding carboxylic acids is 1. The van der Waals surface area contributed by atoms with E-state index >= 15 is 0 Å². The molecule has 0 bridgehead atoms. The Labute approximate surface area is 97.6 Å². The molecule has 94 valence electrons. The van der Waals surface area contributed by atoms with Gasteiger partial charge < -0.3 is 9.84 Å². The first kappa shape index (κ1) is 13.5. The van der Waals surface area contributed by atoms with Gasteiger partial charge in [-0.25, -0.2) is 0 Å². The normalized spacial score (nSPS) is 15.4. The molecule has 16 heavy (non-hydrogen) atoms. The van der Waals surface area contributed by atoms with Crippen LogP contribution in [0.5, 0.6) is 0 Å². The Kier molecular flexibility index (Phi) is 6.42. The molecule has 0 radical (unpaired) electrons. The van der Waals surface area contributed by atoms with Gasteiger partial charge >= 0.3 is 5.97 Å². The van der Waals surface area contributed by atoms with E-state index < -0.39 is 0 Å². The number of aliphatic hydroxyl groups excluding tert-OH is 1. The van der Waals surface area contributed by atoms with E-state index in [-0.39, 0.29) is 12.6 Å². The van der Waals surface area contributed by atoms with Gasteiger partial charge in [-0.2, -0.15) is 0 Å². The summed E-state index contributed by atoms with van der Waals surface area (Å²) in [7, 11) is 0. The van der Waals surface area contributed by atoms with Crippen molar-refractivity contribution < 1.29 is 14.6 Å². The molecule has 0 heterocycles. The van der Waals surface area contributed by atoms with E-state index in [1.807, 2.05) is 6.92 Å². The van der Waals surface area contributed by atoms with Crippen molar-refractivity contribution in [2.45, 2.75) is 45.1 Å². The van der Waals surface area contributed by atoms with Gasteiger partial charge in [0.15, 0.2) is 0 Å². The molecule has 0 saturated heterocycles. The van der Waals surface area contributed by atoms with E-state index in [0.717, 1.165) is 25.8 Å². The number of hydrogen-bond acceptors (Lipinski definition) is 4. The lowest BCUT2D eigenvalue weighted by Gasteiger charge is -2.20. The molecule has 0 aromatic carbocycles. The molecule has 0 aliphatic heterocycles. The molecule has 0 spiro atoms. The summed E-state index contributed by atoms with van der Waals surface area (Å²) >= 11 is 0. The number of aliphatic hydroxyl groups is 1. The molecule has 0 unspecified atom stereocenters. The quantitative estimate of drug-likeness (QED) is 0.476. The molecular weight excluding hydrogens is 206 g/mol. The average Bonchev–Trinajstić information content (AvgIpc) is 3.06. The van der Waals surface area contributed by atoms with Crippen molar-refractivity contribution in [3.8, 4) is 0 Å². The summed E-state index contributed by atoms with van der Waals surface area (Å²) in [4.78, 5) is 13.6. The van der Waals surface area contributed by atoms with E-state index in [0.29, 0.717) is 19.2 Å². The second-order valence-electron chi connectivity index (χ2n) is 4.29. The van der Waals surface area contributed by atoms with Crippen LogP contribution in [-0.4, -0.2) is 48.3 Å². The van der Waals surface area contributed by atoms with Crippen LogP contribution in [0.15, 0.2) is 0 Å². The molecule has 1 aliphatic carbocycles. The van der Waals surface area contributed by atoms with Gasteiger partial charge in [-0.15, -0.1) is 0 Å². The van der Waals surface area contributed by atoms with Crippen LogP contribution < -0.4 is 0 Å². The van der Waals surface area contributed by atoms with E-state index in [2.05, 4.69) is 4.90 Å². The molecule has 1 aliphatic rings. The molecule has 4 heteroatoms. The van der Waals surface area contributed by atoms with Gasteiger partial charge in [0.05, 0.1) is 13.2 Å². The number of unbranched alkanes of at least 4 members (excludes halogenated alkanes) is 2. The Morgan fingerprint density at radius 2 is 2.12 bits per heavy atom. The zero-order valence-corrected chi connectivity index (χ0v) is 10.2. The predicted molar refractivity (Wildman–Crippen MR) is 62.2 cm³/mol. The van der Waals surface area contributed by atoms with Gasteiger partial charge in [0.2, 0.25) is 0 Å². The number of hydrogen-bond donors (Lipinski definition) is 1. The topological polar surface area (TPSA) is 49.8 Å². The maximum absolute atomic E-state index is 11.4. The molecule has 1 saturated carbocycles. The molecule has 4 nitrogen and oxygen atoms in total.